The van der Waals surface area contributed by atoms with E-state index in [1.807, 2.05) is 6.08 Å². The van der Waals surface area contributed by atoms with Crippen LogP contribution in [0, 0.1) is 0 Å². The van der Waals surface area contributed by atoms with Crippen LogP contribution in [0.3, 0.4) is 0 Å². The van der Waals surface area contributed by atoms with Gasteiger partial charge in [-0.25, -0.2) is 0 Å². The smallest absolute Gasteiger partial charge is 0.249 e. The average Bonchev–Trinajstić information content (AvgIpc) is 3.14. The van der Waals surface area contributed by atoms with Crippen molar-refractivity contribution in [2.24, 2.45) is 0 Å². The molecule has 1 fully saturated rings. The van der Waals surface area contributed by atoms with Crippen molar-refractivity contribution in [1.29, 1.82) is 0 Å². The molecule has 0 aromatic rings. The minimum absolute atomic E-state index is 0.306. The fourth-order valence-electron chi connectivity index (χ4n) is 6.59. The Kier molecular flexibility index (Phi) is 30.9. The van der Waals surface area contributed by atoms with Gasteiger partial charge in [0.1, 0.15) is 30.5 Å². The maximum atomic E-state index is 13.0. The molecule has 0 radical (unpaired) electrons. The van der Waals surface area contributed by atoms with Gasteiger partial charge in [-0.1, -0.05) is 167 Å². The number of carbonyl (C=O) groups is 1. The van der Waals surface area contributed by atoms with Gasteiger partial charge in [-0.05, 0) is 32.1 Å². The molecular weight excluding hydrogens is 662 g/mol. The zero-order chi connectivity index (χ0) is 38.2. The van der Waals surface area contributed by atoms with Crippen molar-refractivity contribution in [3.05, 3.63) is 24.3 Å². The van der Waals surface area contributed by atoms with E-state index in [1.165, 1.54) is 109 Å². The van der Waals surface area contributed by atoms with E-state index in [9.17, 15) is 35.4 Å². The fourth-order valence-corrected chi connectivity index (χ4v) is 6.59. The van der Waals surface area contributed by atoms with Gasteiger partial charge in [-0.15, -0.1) is 0 Å². The minimum atomic E-state index is -1.61. The van der Waals surface area contributed by atoms with Gasteiger partial charge in [0, 0.05) is 0 Å². The SMILES string of the molecule is CCCCCCCCCCC/C=C/CC/C=C/C(O)C(COC1OC(CO)C(O)C(O)C1O)NC(=O)C(O)CCCCCCCCCCCCCC. The third kappa shape index (κ3) is 23.4. The van der Waals surface area contributed by atoms with Gasteiger partial charge in [-0.3, -0.25) is 4.79 Å². The van der Waals surface area contributed by atoms with Crippen molar-refractivity contribution in [3.63, 3.8) is 0 Å². The number of allylic oxidation sites excluding steroid dienone is 3. The van der Waals surface area contributed by atoms with Crippen LogP contribution in [0.4, 0.5) is 0 Å². The molecule has 1 aliphatic rings. The summed E-state index contributed by atoms with van der Waals surface area (Å²) in [6.45, 7) is 3.56. The molecule has 1 saturated heterocycles. The molecule has 8 unspecified atom stereocenters. The standard InChI is InChI=1S/C42H79NO9/c1-3-5-7-9-11-13-15-17-18-19-21-22-24-26-28-30-35(45)34(33-51-42-40(49)39(48)38(47)37(32-44)52-42)43-41(50)36(46)31-29-27-25-23-20-16-14-12-10-8-6-4-2/h21-22,28,30,34-40,42,44-49H,3-20,23-27,29,31-33H2,1-2H3,(H,43,50)/b22-21+,30-28+. The predicted molar refractivity (Wildman–Crippen MR) is 209 cm³/mol. The van der Waals surface area contributed by atoms with Crippen LogP contribution in [0.1, 0.15) is 174 Å². The molecule has 1 heterocycles. The van der Waals surface area contributed by atoms with Crippen LogP contribution < -0.4 is 5.32 Å². The molecule has 0 spiro atoms. The highest BCUT2D eigenvalue weighted by atomic mass is 16.7. The summed E-state index contributed by atoms with van der Waals surface area (Å²) in [6, 6.07) is -0.991. The van der Waals surface area contributed by atoms with E-state index in [4.69, 9.17) is 9.47 Å². The Morgan fingerprint density at radius 2 is 1.13 bits per heavy atom. The maximum absolute atomic E-state index is 13.0. The molecule has 7 N–H and O–H groups in total. The summed E-state index contributed by atoms with van der Waals surface area (Å²) in [5.74, 6) is -0.627. The summed E-state index contributed by atoms with van der Waals surface area (Å²) < 4.78 is 11.1. The van der Waals surface area contributed by atoms with Gasteiger partial charge in [0.15, 0.2) is 6.29 Å². The van der Waals surface area contributed by atoms with E-state index in [0.717, 1.165) is 32.1 Å². The molecule has 0 aromatic carbocycles. The lowest BCUT2D eigenvalue weighted by atomic mass is 9.99. The first kappa shape index (κ1) is 48.6. The summed E-state index contributed by atoms with van der Waals surface area (Å²) in [4.78, 5) is 13.0. The number of hydrogen-bond donors (Lipinski definition) is 7. The lowest BCUT2D eigenvalue weighted by molar-refractivity contribution is -0.302. The molecule has 8 atom stereocenters. The van der Waals surface area contributed by atoms with E-state index < -0.39 is 61.5 Å². The van der Waals surface area contributed by atoms with Crippen LogP contribution >= 0.6 is 0 Å². The van der Waals surface area contributed by atoms with Gasteiger partial charge in [0.05, 0.1) is 25.4 Å². The third-order valence-electron chi connectivity index (χ3n) is 10.1. The molecule has 1 amide bonds. The van der Waals surface area contributed by atoms with Crippen molar-refractivity contribution >= 4 is 5.91 Å². The molecule has 10 nitrogen and oxygen atoms in total. The lowest BCUT2D eigenvalue weighted by Gasteiger charge is -2.40. The van der Waals surface area contributed by atoms with Crippen LogP contribution in [0.5, 0.6) is 0 Å². The molecule has 306 valence electrons. The maximum Gasteiger partial charge on any atom is 0.249 e. The van der Waals surface area contributed by atoms with Crippen molar-refractivity contribution in [2.45, 2.75) is 223 Å². The minimum Gasteiger partial charge on any atom is -0.394 e. The number of nitrogens with one attached hydrogen (secondary N) is 1. The van der Waals surface area contributed by atoms with Crippen LogP contribution in [0.15, 0.2) is 24.3 Å². The number of carbonyl (C=O) groups excluding carboxylic acids is 1. The first-order valence-corrected chi connectivity index (χ1v) is 21.2. The number of unbranched alkanes of at least 4 members (excludes halogenated alkanes) is 21. The van der Waals surface area contributed by atoms with Gasteiger partial charge < -0.3 is 45.4 Å². The number of aliphatic hydroxyl groups is 6. The average molecular weight is 742 g/mol. The normalized spacial score (nSPS) is 22.7. The summed E-state index contributed by atoms with van der Waals surface area (Å²) >= 11 is 0. The Morgan fingerprint density at radius 3 is 1.67 bits per heavy atom. The van der Waals surface area contributed by atoms with Crippen molar-refractivity contribution < 1.29 is 44.9 Å². The fraction of sp³-hybridized carbons (Fsp3) is 0.881. The first-order valence-electron chi connectivity index (χ1n) is 21.2. The Morgan fingerprint density at radius 1 is 0.654 bits per heavy atom. The third-order valence-corrected chi connectivity index (χ3v) is 10.1. The molecule has 52 heavy (non-hydrogen) atoms. The highest BCUT2D eigenvalue weighted by Crippen LogP contribution is 2.22. The highest BCUT2D eigenvalue weighted by molar-refractivity contribution is 5.80. The van der Waals surface area contributed by atoms with Crippen LogP contribution in [0.25, 0.3) is 0 Å². The Hall–Kier alpha value is -1.37. The van der Waals surface area contributed by atoms with E-state index in [1.54, 1.807) is 6.08 Å². The van der Waals surface area contributed by atoms with Gasteiger partial charge in [0.25, 0.3) is 0 Å². The predicted octanol–water partition coefficient (Wildman–Crippen LogP) is 6.91. The number of rotatable bonds is 34. The van der Waals surface area contributed by atoms with Crippen LogP contribution in [-0.2, 0) is 14.3 Å². The monoisotopic (exact) mass is 742 g/mol. The van der Waals surface area contributed by atoms with Crippen molar-refractivity contribution in [2.75, 3.05) is 13.2 Å². The molecule has 1 rings (SSSR count). The van der Waals surface area contributed by atoms with E-state index in [0.29, 0.717) is 19.3 Å². The number of ether oxygens (including phenoxy) is 2. The molecule has 1 aliphatic heterocycles. The Labute approximate surface area is 316 Å². The Balaban J connectivity index is 2.51. The second kappa shape index (κ2) is 33.0. The van der Waals surface area contributed by atoms with Gasteiger partial charge in [0.2, 0.25) is 5.91 Å². The van der Waals surface area contributed by atoms with E-state index in [2.05, 4.69) is 31.3 Å². The number of hydrogen-bond acceptors (Lipinski definition) is 9. The largest absolute Gasteiger partial charge is 0.394 e. The van der Waals surface area contributed by atoms with Crippen LogP contribution in [-0.4, -0.2) is 98.7 Å². The van der Waals surface area contributed by atoms with Crippen LogP contribution in [0.2, 0.25) is 0 Å². The molecule has 10 heteroatoms. The summed E-state index contributed by atoms with van der Waals surface area (Å²) in [5, 5.41) is 64.4. The molecule has 0 saturated carbocycles. The first-order chi connectivity index (χ1) is 25.3. The zero-order valence-corrected chi connectivity index (χ0v) is 32.9. The second-order valence-corrected chi connectivity index (χ2v) is 14.9. The zero-order valence-electron chi connectivity index (χ0n) is 32.9. The van der Waals surface area contributed by atoms with Crippen molar-refractivity contribution in [3.8, 4) is 0 Å². The molecule has 0 aliphatic carbocycles. The van der Waals surface area contributed by atoms with Gasteiger partial charge in [-0.2, -0.15) is 0 Å². The van der Waals surface area contributed by atoms with E-state index in [-0.39, 0.29) is 6.61 Å². The molecule has 0 aromatic heterocycles. The topological polar surface area (TPSA) is 169 Å². The lowest BCUT2D eigenvalue weighted by Crippen LogP contribution is -2.60. The highest BCUT2D eigenvalue weighted by Gasteiger charge is 2.44. The summed E-state index contributed by atoms with van der Waals surface area (Å²) in [7, 11) is 0. The molecule has 0 bridgehead atoms. The van der Waals surface area contributed by atoms with Gasteiger partial charge >= 0.3 is 0 Å². The summed E-state index contributed by atoms with van der Waals surface area (Å²) in [6.07, 6.45) is 26.9. The number of aliphatic hydroxyl groups excluding tert-OH is 6. The van der Waals surface area contributed by atoms with E-state index >= 15 is 0 Å². The summed E-state index contributed by atoms with van der Waals surface area (Å²) in [5.41, 5.74) is 0. The van der Waals surface area contributed by atoms with Crippen molar-refractivity contribution in [1.82, 2.24) is 5.32 Å². The Bertz CT molecular complexity index is 886. The second-order valence-electron chi connectivity index (χ2n) is 14.9. The quantitative estimate of drug-likeness (QED) is 0.0274. The number of amides is 1. The molecular formula is C42H79NO9.